The van der Waals surface area contributed by atoms with Gasteiger partial charge in [0.1, 0.15) is 5.82 Å². The van der Waals surface area contributed by atoms with Crippen LogP contribution in [0.2, 0.25) is 0 Å². The lowest BCUT2D eigenvalue weighted by Gasteiger charge is -2.10. The van der Waals surface area contributed by atoms with Crippen LogP contribution in [0.1, 0.15) is 11.1 Å². The molecule has 2 rings (SSSR count). The third-order valence-corrected chi connectivity index (χ3v) is 3.05. The van der Waals surface area contributed by atoms with Crippen LogP contribution in [0.3, 0.4) is 0 Å². The fourth-order valence-electron chi connectivity index (χ4n) is 1.54. The van der Waals surface area contributed by atoms with Crippen LogP contribution >= 0.6 is 15.9 Å². The molecule has 0 bridgehead atoms. The smallest absolute Gasteiger partial charge is 0.149 e. The Bertz CT molecular complexity index is 526. The van der Waals surface area contributed by atoms with Gasteiger partial charge in [-0.2, -0.15) is 0 Å². The summed E-state index contributed by atoms with van der Waals surface area (Å²) >= 11 is 3.45. The third kappa shape index (κ3) is 2.97. The van der Waals surface area contributed by atoms with Crippen LogP contribution in [0.25, 0.3) is 0 Å². The molecule has 4 heteroatoms. The van der Waals surface area contributed by atoms with Crippen LogP contribution in [0.4, 0.5) is 11.5 Å². The summed E-state index contributed by atoms with van der Waals surface area (Å²) in [5.41, 5.74) is 8.87. The summed E-state index contributed by atoms with van der Waals surface area (Å²) in [7, 11) is 0. The average molecular weight is 292 g/mol. The monoisotopic (exact) mass is 291 g/mol. The minimum Gasteiger partial charge on any atom is -0.396 e. The van der Waals surface area contributed by atoms with Crippen LogP contribution in [0, 0.1) is 6.92 Å². The zero-order valence-corrected chi connectivity index (χ0v) is 11.2. The highest BCUT2D eigenvalue weighted by Gasteiger charge is 2.02. The van der Waals surface area contributed by atoms with E-state index in [0.717, 1.165) is 15.9 Å². The van der Waals surface area contributed by atoms with E-state index in [2.05, 4.69) is 38.4 Å². The number of pyridine rings is 1. The van der Waals surface area contributed by atoms with Gasteiger partial charge in [0.05, 0.1) is 5.69 Å². The van der Waals surface area contributed by atoms with E-state index in [-0.39, 0.29) is 0 Å². The van der Waals surface area contributed by atoms with Crippen molar-refractivity contribution in [2.24, 2.45) is 0 Å². The molecule has 17 heavy (non-hydrogen) atoms. The van der Waals surface area contributed by atoms with Gasteiger partial charge >= 0.3 is 0 Å². The molecule has 1 aromatic carbocycles. The van der Waals surface area contributed by atoms with Crippen molar-refractivity contribution in [2.45, 2.75) is 13.5 Å². The summed E-state index contributed by atoms with van der Waals surface area (Å²) in [5.74, 6) is 0.741. The molecule has 0 saturated carbocycles. The number of aromatic nitrogens is 1. The molecule has 0 aliphatic carbocycles. The van der Waals surface area contributed by atoms with Crippen molar-refractivity contribution in [2.75, 3.05) is 11.1 Å². The van der Waals surface area contributed by atoms with E-state index in [0.29, 0.717) is 12.2 Å². The zero-order valence-electron chi connectivity index (χ0n) is 9.57. The number of nitrogens with one attached hydrogen (secondary N) is 1. The van der Waals surface area contributed by atoms with Crippen molar-refractivity contribution in [3.63, 3.8) is 0 Å². The fraction of sp³-hybridized carbons (Fsp3) is 0.154. The third-order valence-electron chi connectivity index (χ3n) is 2.56. The molecule has 0 amide bonds. The number of nitrogens with two attached hydrogens (primary N) is 1. The summed E-state index contributed by atoms with van der Waals surface area (Å²) in [5, 5.41) is 3.24. The van der Waals surface area contributed by atoms with Crippen molar-refractivity contribution in [1.29, 1.82) is 0 Å². The number of rotatable bonds is 3. The first-order chi connectivity index (χ1) is 8.16. The Hall–Kier alpha value is -1.55. The highest BCUT2D eigenvalue weighted by Crippen LogP contribution is 2.20. The van der Waals surface area contributed by atoms with E-state index in [1.54, 1.807) is 6.20 Å². The number of aryl methyl sites for hydroxylation is 1. The van der Waals surface area contributed by atoms with Gasteiger partial charge in [-0.15, -0.1) is 0 Å². The molecular weight excluding hydrogens is 278 g/mol. The molecule has 0 aliphatic heterocycles. The van der Waals surface area contributed by atoms with Gasteiger partial charge in [-0.1, -0.05) is 28.1 Å². The molecule has 0 atom stereocenters. The van der Waals surface area contributed by atoms with Crippen molar-refractivity contribution < 1.29 is 0 Å². The van der Waals surface area contributed by atoms with Gasteiger partial charge in [0.25, 0.3) is 0 Å². The maximum absolute atomic E-state index is 5.94. The quantitative estimate of drug-likeness (QED) is 0.912. The van der Waals surface area contributed by atoms with Crippen LogP contribution in [-0.2, 0) is 6.54 Å². The second-order valence-electron chi connectivity index (χ2n) is 3.87. The van der Waals surface area contributed by atoms with Gasteiger partial charge in [-0.3, -0.25) is 0 Å². The molecule has 88 valence electrons. The Morgan fingerprint density at radius 1 is 1.35 bits per heavy atom. The van der Waals surface area contributed by atoms with E-state index in [4.69, 9.17) is 5.73 Å². The van der Waals surface area contributed by atoms with Gasteiger partial charge in [-0.05, 0) is 36.2 Å². The molecule has 1 heterocycles. The molecule has 0 radical (unpaired) electrons. The van der Waals surface area contributed by atoms with Crippen molar-refractivity contribution >= 4 is 27.4 Å². The molecule has 0 fully saturated rings. The zero-order chi connectivity index (χ0) is 12.3. The van der Waals surface area contributed by atoms with E-state index in [9.17, 15) is 0 Å². The Morgan fingerprint density at radius 3 is 2.94 bits per heavy atom. The number of benzene rings is 1. The van der Waals surface area contributed by atoms with Crippen molar-refractivity contribution in [3.8, 4) is 0 Å². The summed E-state index contributed by atoms with van der Waals surface area (Å²) in [6, 6.07) is 10.0. The first-order valence-electron chi connectivity index (χ1n) is 5.36. The Labute approximate surface area is 109 Å². The van der Waals surface area contributed by atoms with Gasteiger partial charge in [0.15, 0.2) is 0 Å². The molecule has 0 saturated heterocycles. The van der Waals surface area contributed by atoms with E-state index in [1.165, 1.54) is 5.56 Å². The number of hydrogen-bond donors (Lipinski definition) is 2. The first-order valence-corrected chi connectivity index (χ1v) is 6.15. The summed E-state index contributed by atoms with van der Waals surface area (Å²) in [6.45, 7) is 2.68. The lowest BCUT2D eigenvalue weighted by Crippen LogP contribution is -2.05. The maximum Gasteiger partial charge on any atom is 0.149 e. The van der Waals surface area contributed by atoms with Crippen LogP contribution < -0.4 is 11.1 Å². The second kappa shape index (κ2) is 5.19. The highest BCUT2D eigenvalue weighted by molar-refractivity contribution is 9.10. The Balaban J connectivity index is 2.10. The molecule has 2 aromatic rings. The molecule has 0 aliphatic rings. The minimum absolute atomic E-state index is 0.708. The maximum atomic E-state index is 5.94. The molecular formula is C13H14BrN3. The minimum atomic E-state index is 0.708. The van der Waals surface area contributed by atoms with Gasteiger partial charge in [0.2, 0.25) is 0 Å². The van der Waals surface area contributed by atoms with E-state index < -0.39 is 0 Å². The summed E-state index contributed by atoms with van der Waals surface area (Å²) in [4.78, 5) is 4.23. The fourth-order valence-corrected chi connectivity index (χ4v) is 1.99. The second-order valence-corrected chi connectivity index (χ2v) is 4.79. The van der Waals surface area contributed by atoms with Gasteiger partial charge < -0.3 is 11.1 Å². The number of nitrogen functional groups attached to an aromatic ring is 1. The number of halogens is 1. The topological polar surface area (TPSA) is 50.9 Å². The van der Waals surface area contributed by atoms with Crippen LogP contribution in [0.15, 0.2) is 41.0 Å². The van der Waals surface area contributed by atoms with E-state index in [1.807, 2.05) is 25.1 Å². The normalized spacial score (nSPS) is 10.2. The first kappa shape index (κ1) is 11.9. The van der Waals surface area contributed by atoms with Crippen LogP contribution in [-0.4, -0.2) is 4.98 Å². The standard InChI is InChI=1S/C13H14BrN3/c1-9-5-6-16-13(12(9)15)17-8-10-3-2-4-11(14)7-10/h2-7H,8,15H2,1H3,(H,16,17). The van der Waals surface area contributed by atoms with Gasteiger partial charge in [-0.25, -0.2) is 4.98 Å². The number of nitrogens with zero attached hydrogens (tertiary/aromatic N) is 1. The predicted octanol–water partition coefficient (Wildman–Crippen LogP) is 3.35. The lowest BCUT2D eigenvalue weighted by molar-refractivity contribution is 1.11. The SMILES string of the molecule is Cc1ccnc(NCc2cccc(Br)c2)c1N. The molecule has 0 unspecified atom stereocenters. The summed E-state index contributed by atoms with van der Waals surface area (Å²) < 4.78 is 1.07. The van der Waals surface area contributed by atoms with Crippen LogP contribution in [0.5, 0.6) is 0 Å². The molecule has 3 nitrogen and oxygen atoms in total. The molecule has 3 N–H and O–H groups in total. The molecule has 0 spiro atoms. The number of anilines is 2. The van der Waals surface area contributed by atoms with Crippen molar-refractivity contribution in [1.82, 2.24) is 4.98 Å². The average Bonchev–Trinajstić information content (AvgIpc) is 2.31. The predicted molar refractivity (Wildman–Crippen MR) is 74.9 cm³/mol. The lowest BCUT2D eigenvalue weighted by atomic mass is 10.2. The Kier molecular flexibility index (Phi) is 3.64. The van der Waals surface area contributed by atoms with Gasteiger partial charge in [0, 0.05) is 17.2 Å². The van der Waals surface area contributed by atoms with E-state index >= 15 is 0 Å². The molecule has 1 aromatic heterocycles. The summed E-state index contributed by atoms with van der Waals surface area (Å²) in [6.07, 6.45) is 1.76. The number of hydrogen-bond acceptors (Lipinski definition) is 3. The Morgan fingerprint density at radius 2 is 2.18 bits per heavy atom. The van der Waals surface area contributed by atoms with Crippen molar-refractivity contribution in [3.05, 3.63) is 52.1 Å². The highest BCUT2D eigenvalue weighted by atomic mass is 79.9. The largest absolute Gasteiger partial charge is 0.396 e.